The lowest BCUT2D eigenvalue weighted by Crippen LogP contribution is -2.01. The van der Waals surface area contributed by atoms with E-state index in [9.17, 15) is 14.5 Å². The molecule has 0 spiro atoms. The molecule has 2 rings (SSSR count). The fourth-order valence-corrected chi connectivity index (χ4v) is 2.21. The van der Waals surface area contributed by atoms with Crippen LogP contribution < -0.4 is 10.1 Å². The summed E-state index contributed by atoms with van der Waals surface area (Å²) in [6.07, 6.45) is 0.951. The van der Waals surface area contributed by atoms with Gasteiger partial charge >= 0.3 is 5.69 Å². The minimum Gasteiger partial charge on any atom is -0.477 e. The van der Waals surface area contributed by atoms with Gasteiger partial charge in [0.2, 0.25) is 10.9 Å². The lowest BCUT2D eigenvalue weighted by atomic mass is 10.3. The zero-order chi connectivity index (χ0) is 15.2. The van der Waals surface area contributed by atoms with Crippen molar-refractivity contribution in [2.75, 3.05) is 11.9 Å². The predicted molar refractivity (Wildman–Crippen MR) is 76.1 cm³/mol. The maximum Gasteiger partial charge on any atom is 0.314 e. The van der Waals surface area contributed by atoms with Crippen LogP contribution in [0.25, 0.3) is 0 Å². The van der Waals surface area contributed by atoms with Crippen molar-refractivity contribution in [2.45, 2.75) is 20.0 Å². The van der Waals surface area contributed by atoms with Crippen molar-refractivity contribution >= 4 is 22.2 Å². The van der Waals surface area contributed by atoms with Crippen LogP contribution in [0, 0.1) is 15.9 Å². The highest BCUT2D eigenvalue weighted by atomic mass is 32.1. The van der Waals surface area contributed by atoms with E-state index in [4.69, 9.17) is 4.74 Å². The van der Waals surface area contributed by atoms with Gasteiger partial charge in [0.15, 0.2) is 10.8 Å². The zero-order valence-corrected chi connectivity index (χ0v) is 12.0. The molecule has 0 aliphatic heterocycles. The quantitative estimate of drug-likeness (QED) is 0.624. The van der Waals surface area contributed by atoms with Gasteiger partial charge in [-0.2, -0.15) is 0 Å². The van der Waals surface area contributed by atoms with Gasteiger partial charge in [0.25, 0.3) is 0 Å². The van der Waals surface area contributed by atoms with E-state index in [-0.39, 0.29) is 12.4 Å². The topological polar surface area (TPSA) is 90.2 Å². The van der Waals surface area contributed by atoms with Gasteiger partial charge < -0.3 is 10.1 Å². The summed E-state index contributed by atoms with van der Waals surface area (Å²) in [6.45, 7) is 2.72. The van der Waals surface area contributed by atoms with Gasteiger partial charge in [-0.1, -0.05) is 24.3 Å². The first-order valence-electron chi connectivity index (χ1n) is 6.23. The highest BCUT2D eigenvalue weighted by Crippen LogP contribution is 2.30. The highest BCUT2D eigenvalue weighted by Gasteiger charge is 2.20. The van der Waals surface area contributed by atoms with Crippen LogP contribution in [0.5, 0.6) is 5.75 Å². The van der Waals surface area contributed by atoms with Crippen LogP contribution in [-0.2, 0) is 6.61 Å². The lowest BCUT2D eigenvalue weighted by molar-refractivity contribution is -0.386. The minimum absolute atomic E-state index is 0.0761. The van der Waals surface area contributed by atoms with Gasteiger partial charge in [0.05, 0.1) is 4.92 Å². The van der Waals surface area contributed by atoms with Crippen LogP contribution in [0.1, 0.15) is 18.4 Å². The summed E-state index contributed by atoms with van der Waals surface area (Å²) in [5.74, 6) is -1.17. The monoisotopic (exact) mass is 312 g/mol. The summed E-state index contributed by atoms with van der Waals surface area (Å²) in [7, 11) is 0. The molecule has 112 valence electrons. The molecule has 9 heteroatoms. The SMILES string of the molecule is CCCNc1nnc(COc2c(F)cccc2[N+](=O)[O-])s1. The lowest BCUT2D eigenvalue weighted by Gasteiger charge is -2.05. The van der Waals surface area contributed by atoms with Gasteiger partial charge in [-0.15, -0.1) is 10.2 Å². The maximum absolute atomic E-state index is 13.6. The van der Waals surface area contributed by atoms with E-state index in [0.29, 0.717) is 10.1 Å². The van der Waals surface area contributed by atoms with Gasteiger partial charge in [0.1, 0.15) is 6.61 Å². The molecule has 21 heavy (non-hydrogen) atoms. The predicted octanol–water partition coefficient (Wildman–Crippen LogP) is 2.99. The van der Waals surface area contributed by atoms with Crippen molar-refractivity contribution in [2.24, 2.45) is 0 Å². The summed E-state index contributed by atoms with van der Waals surface area (Å²) in [6, 6.07) is 3.56. The third kappa shape index (κ3) is 3.85. The van der Waals surface area contributed by atoms with Crippen molar-refractivity contribution < 1.29 is 14.1 Å². The van der Waals surface area contributed by atoms with Crippen LogP contribution in [0.15, 0.2) is 18.2 Å². The molecule has 0 fully saturated rings. The molecule has 1 aromatic carbocycles. The number of hydrogen-bond donors (Lipinski definition) is 1. The van der Waals surface area contributed by atoms with Crippen LogP contribution in [-0.4, -0.2) is 21.7 Å². The largest absolute Gasteiger partial charge is 0.477 e. The molecule has 0 saturated carbocycles. The molecule has 0 aliphatic rings. The normalized spacial score (nSPS) is 10.4. The summed E-state index contributed by atoms with van der Waals surface area (Å²) < 4.78 is 18.8. The molecule has 1 N–H and O–H groups in total. The smallest absolute Gasteiger partial charge is 0.314 e. The van der Waals surface area contributed by atoms with Gasteiger partial charge in [-0.3, -0.25) is 10.1 Å². The Kier molecular flexibility index (Phi) is 4.99. The summed E-state index contributed by atoms with van der Waals surface area (Å²) in [5, 5.41) is 22.8. The average molecular weight is 312 g/mol. The third-order valence-corrected chi connectivity index (χ3v) is 3.33. The van der Waals surface area contributed by atoms with Crippen molar-refractivity contribution in [1.82, 2.24) is 10.2 Å². The van der Waals surface area contributed by atoms with Crippen LogP contribution in [0.2, 0.25) is 0 Å². The summed E-state index contributed by atoms with van der Waals surface area (Å²) in [4.78, 5) is 10.1. The number of nitro benzene ring substituents is 1. The first kappa shape index (κ1) is 15.1. The molecule has 2 aromatic rings. The number of halogens is 1. The molecular formula is C12H13FN4O3S. The number of aromatic nitrogens is 2. The van der Waals surface area contributed by atoms with E-state index in [2.05, 4.69) is 15.5 Å². The zero-order valence-electron chi connectivity index (χ0n) is 11.2. The molecule has 7 nitrogen and oxygen atoms in total. The Morgan fingerprint density at radius 2 is 2.29 bits per heavy atom. The Balaban J connectivity index is 2.06. The maximum atomic E-state index is 13.6. The second-order valence-electron chi connectivity index (χ2n) is 4.06. The molecule has 1 aromatic heterocycles. The second kappa shape index (κ2) is 6.93. The number of para-hydroxylation sites is 1. The molecule has 1 heterocycles. The fraction of sp³-hybridized carbons (Fsp3) is 0.333. The Morgan fingerprint density at radius 3 is 3.00 bits per heavy atom. The van der Waals surface area contributed by atoms with Gasteiger partial charge in [-0.05, 0) is 12.5 Å². The van der Waals surface area contributed by atoms with Crippen molar-refractivity contribution in [3.8, 4) is 5.75 Å². The number of nitrogens with zero attached hydrogens (tertiary/aromatic N) is 3. The van der Waals surface area contributed by atoms with E-state index in [0.717, 1.165) is 19.0 Å². The molecule has 0 radical (unpaired) electrons. The minimum atomic E-state index is -0.780. The van der Waals surface area contributed by atoms with Crippen LogP contribution >= 0.6 is 11.3 Å². The number of ether oxygens (including phenoxy) is 1. The van der Waals surface area contributed by atoms with E-state index in [1.54, 1.807) is 0 Å². The van der Waals surface area contributed by atoms with Crippen LogP contribution in [0.3, 0.4) is 0 Å². The van der Waals surface area contributed by atoms with E-state index < -0.39 is 16.4 Å². The van der Waals surface area contributed by atoms with Crippen molar-refractivity contribution in [3.63, 3.8) is 0 Å². The molecular weight excluding hydrogens is 299 g/mol. The first-order chi connectivity index (χ1) is 10.1. The van der Waals surface area contributed by atoms with E-state index in [1.165, 1.54) is 23.5 Å². The Labute approximate surface area is 123 Å². The molecule has 0 atom stereocenters. The number of benzene rings is 1. The number of nitro groups is 1. The number of anilines is 1. The molecule has 0 bridgehead atoms. The molecule has 0 unspecified atom stereocenters. The Morgan fingerprint density at radius 1 is 1.48 bits per heavy atom. The van der Waals surface area contributed by atoms with E-state index >= 15 is 0 Å². The summed E-state index contributed by atoms with van der Waals surface area (Å²) in [5.41, 5.74) is -0.413. The average Bonchev–Trinajstić information content (AvgIpc) is 2.91. The second-order valence-corrected chi connectivity index (χ2v) is 5.12. The molecule has 0 saturated heterocycles. The Bertz CT molecular complexity index is 635. The molecule has 0 aliphatic carbocycles. The number of nitrogens with one attached hydrogen (secondary N) is 1. The standard InChI is InChI=1S/C12H13FN4O3S/c1-2-6-14-12-16-15-10(21-12)7-20-11-8(13)4-3-5-9(11)17(18)19/h3-5H,2,6-7H2,1H3,(H,14,16). The van der Waals surface area contributed by atoms with Crippen molar-refractivity contribution in [3.05, 3.63) is 39.1 Å². The fourth-order valence-electron chi connectivity index (χ4n) is 1.53. The highest BCUT2D eigenvalue weighted by molar-refractivity contribution is 7.15. The van der Waals surface area contributed by atoms with Crippen molar-refractivity contribution in [1.29, 1.82) is 0 Å². The molecule has 0 amide bonds. The Hall–Kier alpha value is -2.29. The van der Waals surface area contributed by atoms with E-state index in [1.807, 2.05) is 6.92 Å². The third-order valence-electron chi connectivity index (χ3n) is 2.48. The number of rotatable bonds is 7. The number of hydrogen-bond acceptors (Lipinski definition) is 7. The first-order valence-corrected chi connectivity index (χ1v) is 7.05. The van der Waals surface area contributed by atoms with Gasteiger partial charge in [0, 0.05) is 12.6 Å². The van der Waals surface area contributed by atoms with Crippen LogP contribution in [0.4, 0.5) is 15.2 Å². The summed E-state index contributed by atoms with van der Waals surface area (Å²) >= 11 is 1.26. The van der Waals surface area contributed by atoms with Gasteiger partial charge in [-0.25, -0.2) is 4.39 Å².